The van der Waals surface area contributed by atoms with Gasteiger partial charge in [-0.3, -0.25) is 0 Å². The molecule has 0 unspecified atom stereocenters. The number of diazo groups is 1. The number of halogens is 6. The summed E-state index contributed by atoms with van der Waals surface area (Å²) in [5, 5.41) is 8.81. The molecule has 0 atom stereocenters. The molecule has 0 saturated heterocycles. The Bertz CT molecular complexity index is 372. The molecule has 1 aromatic rings. The second kappa shape index (κ2) is 6.12. The maximum Gasteiger partial charge on any atom is 0.673 e. The van der Waals surface area contributed by atoms with E-state index in [4.69, 9.17) is 17.0 Å². The third-order valence-corrected chi connectivity index (χ3v) is 1.99. The van der Waals surface area contributed by atoms with E-state index in [9.17, 15) is 17.3 Å². The molecule has 15 heavy (non-hydrogen) atoms. The van der Waals surface area contributed by atoms with Crippen molar-refractivity contribution in [3.05, 3.63) is 31.8 Å². The van der Waals surface area contributed by atoms with E-state index in [1.54, 1.807) is 12.1 Å². The zero-order valence-corrected chi connectivity index (χ0v) is 9.89. The van der Waals surface area contributed by atoms with Crippen molar-refractivity contribution in [2.45, 2.75) is 0 Å². The van der Waals surface area contributed by atoms with E-state index in [1.807, 2.05) is 6.07 Å². The van der Waals surface area contributed by atoms with Gasteiger partial charge in [-0.1, -0.05) is 11.6 Å². The molecule has 0 amide bonds. The maximum atomic E-state index is 9.75. The van der Waals surface area contributed by atoms with Gasteiger partial charge in [0.1, 0.15) is 5.02 Å². The van der Waals surface area contributed by atoms with Crippen LogP contribution in [0.5, 0.6) is 0 Å². The van der Waals surface area contributed by atoms with Crippen LogP contribution in [-0.4, -0.2) is 7.25 Å². The summed E-state index contributed by atoms with van der Waals surface area (Å²) in [7, 11) is -6.00. The van der Waals surface area contributed by atoms with E-state index in [2.05, 4.69) is 27.6 Å². The first-order valence-electron chi connectivity index (χ1n) is 3.41. The van der Waals surface area contributed by atoms with Crippen molar-refractivity contribution >= 4 is 47.1 Å². The fraction of sp³-hybridized carbons (Fsp3) is 0. The lowest BCUT2D eigenvalue weighted by molar-refractivity contribution is 0.368. The molecule has 0 spiro atoms. The number of hydrogen-bond acceptors (Lipinski definition) is 1. The number of benzene rings is 1. The Hall–Kier alpha value is -0.555. The van der Waals surface area contributed by atoms with Crippen molar-refractivity contribution in [2.75, 3.05) is 0 Å². The average molecular weight is 352 g/mol. The van der Waals surface area contributed by atoms with Gasteiger partial charge in [0, 0.05) is 9.64 Å². The number of rotatable bonds is 0. The highest BCUT2D eigenvalue weighted by Crippen LogP contribution is 2.25. The Labute approximate surface area is 101 Å². The van der Waals surface area contributed by atoms with Crippen molar-refractivity contribution in [1.29, 1.82) is 5.39 Å². The summed E-state index contributed by atoms with van der Waals surface area (Å²) >= 11 is 7.80. The van der Waals surface area contributed by atoms with Gasteiger partial charge in [-0.15, -0.1) is 0 Å². The fourth-order valence-corrected chi connectivity index (χ4v) is 1.46. The molecule has 1 aromatic carbocycles. The first-order chi connectivity index (χ1) is 6.74. The van der Waals surface area contributed by atoms with Gasteiger partial charge < -0.3 is 17.3 Å². The summed E-state index contributed by atoms with van der Waals surface area (Å²) in [6.07, 6.45) is 0. The molecule has 0 aliphatic carbocycles. The molecule has 0 bridgehead atoms. The summed E-state index contributed by atoms with van der Waals surface area (Å²) in [5.41, 5.74) is 0.405. The van der Waals surface area contributed by atoms with Crippen LogP contribution in [0.15, 0.2) is 18.2 Å². The van der Waals surface area contributed by atoms with Crippen LogP contribution in [-0.2, 0) is 0 Å². The summed E-state index contributed by atoms with van der Waals surface area (Å²) in [6, 6.07) is 5.21. The Kier molecular flexibility index (Phi) is 5.89. The maximum absolute atomic E-state index is 9.75. The monoisotopic (exact) mass is 352 g/mol. The third-order valence-electron chi connectivity index (χ3n) is 1.02. The van der Waals surface area contributed by atoms with Crippen LogP contribution in [0.25, 0.3) is 4.98 Å². The number of nitrogens with zero attached hydrogens (tertiary/aromatic N) is 2. The minimum Gasteiger partial charge on any atom is -0.418 e. The second-order valence-electron chi connectivity index (χ2n) is 2.19. The van der Waals surface area contributed by atoms with Gasteiger partial charge in [0.2, 0.25) is 5.39 Å². The predicted octanol–water partition coefficient (Wildman–Crippen LogP) is 4.73. The zero-order chi connectivity index (χ0) is 12.1. The number of hydrogen-bond donors (Lipinski definition) is 0. The van der Waals surface area contributed by atoms with Crippen molar-refractivity contribution in [2.24, 2.45) is 0 Å². The molecule has 1 rings (SSSR count). The Morgan fingerprint density at radius 3 is 2.07 bits per heavy atom. The molecule has 0 fully saturated rings. The lowest BCUT2D eigenvalue weighted by Gasteiger charge is -1.94. The van der Waals surface area contributed by atoms with Crippen LogP contribution in [0.2, 0.25) is 5.02 Å². The van der Waals surface area contributed by atoms with Gasteiger partial charge in [-0.25, -0.2) is 0 Å². The van der Waals surface area contributed by atoms with Crippen LogP contribution in [0.4, 0.5) is 23.0 Å². The van der Waals surface area contributed by atoms with Crippen molar-refractivity contribution in [3.8, 4) is 0 Å². The predicted molar refractivity (Wildman–Crippen MR) is 59.1 cm³/mol. The SMILES string of the molecule is F[B-](F)(F)F.N#[N+]c1ccc(I)cc1Cl. The highest BCUT2D eigenvalue weighted by Gasteiger charge is 2.20. The van der Waals surface area contributed by atoms with E-state index < -0.39 is 7.25 Å². The van der Waals surface area contributed by atoms with Crippen molar-refractivity contribution < 1.29 is 17.3 Å². The Balaban J connectivity index is 0.000000336. The standard InChI is InChI=1S/C6H3ClIN2.BF4/c7-5-3-4(8)1-2-6(5)10-9;2-1(3,4)5/h1-3H;/q+1;-1. The lowest BCUT2D eigenvalue weighted by atomic mass is 10.3. The quantitative estimate of drug-likeness (QED) is 0.287. The van der Waals surface area contributed by atoms with Crippen LogP contribution in [0, 0.1) is 8.96 Å². The van der Waals surface area contributed by atoms with Crippen LogP contribution in [0.3, 0.4) is 0 Å². The van der Waals surface area contributed by atoms with E-state index in [-0.39, 0.29) is 0 Å². The highest BCUT2D eigenvalue weighted by molar-refractivity contribution is 14.1. The smallest absolute Gasteiger partial charge is 0.418 e. The van der Waals surface area contributed by atoms with E-state index in [0.29, 0.717) is 10.7 Å². The second-order valence-corrected chi connectivity index (χ2v) is 3.84. The van der Waals surface area contributed by atoms with Gasteiger partial charge in [0.25, 0.3) is 0 Å². The van der Waals surface area contributed by atoms with Crippen LogP contribution < -0.4 is 0 Å². The molecule has 0 saturated carbocycles. The van der Waals surface area contributed by atoms with Gasteiger partial charge in [0.05, 0.1) is 0 Å². The van der Waals surface area contributed by atoms with Gasteiger partial charge in [0.15, 0.2) is 4.98 Å². The van der Waals surface area contributed by atoms with Crippen LogP contribution >= 0.6 is 34.2 Å². The molecule has 0 aliphatic rings. The molecular formula is C6H3BClF4IN2. The first-order valence-corrected chi connectivity index (χ1v) is 4.87. The Morgan fingerprint density at radius 2 is 1.73 bits per heavy atom. The summed E-state index contributed by atoms with van der Waals surface area (Å²) in [6.45, 7) is 0. The summed E-state index contributed by atoms with van der Waals surface area (Å²) in [5.74, 6) is 0. The van der Waals surface area contributed by atoms with Gasteiger partial charge in [-0.05, 0) is 34.7 Å². The fourth-order valence-electron chi connectivity index (χ4n) is 0.562. The molecule has 0 N–H and O–H groups in total. The molecule has 9 heteroatoms. The largest absolute Gasteiger partial charge is 0.673 e. The van der Waals surface area contributed by atoms with Gasteiger partial charge >= 0.3 is 12.9 Å². The minimum atomic E-state index is -6.00. The topological polar surface area (TPSA) is 28.1 Å². The molecule has 0 aliphatic heterocycles. The minimum absolute atomic E-state index is 0.405. The van der Waals surface area contributed by atoms with Gasteiger partial charge in [-0.2, -0.15) is 0 Å². The van der Waals surface area contributed by atoms with Crippen molar-refractivity contribution in [1.82, 2.24) is 0 Å². The molecule has 0 heterocycles. The molecule has 2 nitrogen and oxygen atoms in total. The third kappa shape index (κ3) is 8.44. The molecule has 0 aromatic heterocycles. The van der Waals surface area contributed by atoms with Crippen molar-refractivity contribution in [3.63, 3.8) is 0 Å². The average Bonchev–Trinajstić information content (AvgIpc) is 2.01. The summed E-state index contributed by atoms with van der Waals surface area (Å²) < 4.78 is 40.0. The molecule has 0 radical (unpaired) electrons. The zero-order valence-electron chi connectivity index (χ0n) is 6.97. The molecule has 82 valence electrons. The Morgan fingerprint density at radius 1 is 1.27 bits per heavy atom. The van der Waals surface area contributed by atoms with Crippen LogP contribution in [0.1, 0.15) is 0 Å². The highest BCUT2D eigenvalue weighted by atomic mass is 127. The van der Waals surface area contributed by atoms with E-state index in [0.717, 1.165) is 3.57 Å². The summed E-state index contributed by atoms with van der Waals surface area (Å²) in [4.78, 5) is 2.98. The normalized spacial score (nSPS) is 9.93. The lowest BCUT2D eigenvalue weighted by Crippen LogP contribution is -2.02. The van der Waals surface area contributed by atoms with E-state index >= 15 is 0 Å². The van der Waals surface area contributed by atoms with E-state index in [1.165, 1.54) is 0 Å². The first kappa shape index (κ1) is 14.4. The molecular weight excluding hydrogens is 349 g/mol.